The third-order valence-electron chi connectivity index (χ3n) is 2.49. The molecule has 0 aliphatic rings. The Kier molecular flexibility index (Phi) is 3.32. The SMILES string of the molecule is C/C(=N\NC(=O)c1cc(C)oc1C)c1ccco1. The summed E-state index contributed by atoms with van der Waals surface area (Å²) in [6.45, 7) is 5.29. The van der Waals surface area contributed by atoms with Crippen LogP contribution in [0.1, 0.15) is 34.6 Å². The smallest absolute Gasteiger partial charge is 0.274 e. The Morgan fingerprint density at radius 2 is 2.17 bits per heavy atom. The number of rotatable bonds is 3. The van der Waals surface area contributed by atoms with Crippen molar-refractivity contribution in [1.82, 2.24) is 5.43 Å². The van der Waals surface area contributed by atoms with E-state index < -0.39 is 0 Å². The van der Waals surface area contributed by atoms with E-state index >= 15 is 0 Å². The lowest BCUT2D eigenvalue weighted by Crippen LogP contribution is -2.19. The molecule has 2 aromatic heterocycles. The molecule has 1 N–H and O–H groups in total. The van der Waals surface area contributed by atoms with Crippen molar-refractivity contribution in [3.63, 3.8) is 0 Å². The number of nitrogens with zero attached hydrogens (tertiary/aromatic N) is 1. The van der Waals surface area contributed by atoms with Crippen molar-refractivity contribution in [2.24, 2.45) is 5.10 Å². The number of nitrogens with one attached hydrogen (secondary N) is 1. The normalized spacial score (nSPS) is 11.6. The molecule has 0 aromatic carbocycles. The standard InChI is InChI=1S/C13H14N2O3/c1-8-7-11(10(3)18-8)13(16)15-14-9(2)12-5-4-6-17-12/h4-7H,1-3H3,(H,15,16)/b14-9+. The van der Waals surface area contributed by atoms with E-state index in [0.717, 1.165) is 0 Å². The fourth-order valence-electron chi connectivity index (χ4n) is 1.59. The highest BCUT2D eigenvalue weighted by Crippen LogP contribution is 2.13. The van der Waals surface area contributed by atoms with Crippen molar-refractivity contribution in [3.05, 3.63) is 47.3 Å². The summed E-state index contributed by atoms with van der Waals surface area (Å²) in [4.78, 5) is 11.8. The average molecular weight is 246 g/mol. The Hall–Kier alpha value is -2.30. The van der Waals surface area contributed by atoms with Crippen LogP contribution < -0.4 is 5.43 Å². The summed E-state index contributed by atoms with van der Waals surface area (Å²) in [6.07, 6.45) is 1.56. The van der Waals surface area contributed by atoms with Crippen molar-refractivity contribution < 1.29 is 13.6 Å². The molecular formula is C13H14N2O3. The van der Waals surface area contributed by atoms with Crippen molar-refractivity contribution >= 4 is 11.6 Å². The van der Waals surface area contributed by atoms with Crippen LogP contribution in [0.5, 0.6) is 0 Å². The molecule has 0 saturated heterocycles. The van der Waals surface area contributed by atoms with Gasteiger partial charge in [0.15, 0.2) is 0 Å². The van der Waals surface area contributed by atoms with Crippen LogP contribution in [0.25, 0.3) is 0 Å². The molecule has 5 nitrogen and oxygen atoms in total. The average Bonchev–Trinajstić information content (AvgIpc) is 2.95. The molecule has 0 bridgehead atoms. The van der Waals surface area contributed by atoms with Gasteiger partial charge in [0.05, 0.1) is 11.8 Å². The van der Waals surface area contributed by atoms with Crippen LogP contribution >= 0.6 is 0 Å². The molecule has 0 aliphatic carbocycles. The number of carbonyl (C=O) groups is 1. The van der Waals surface area contributed by atoms with Crippen molar-refractivity contribution in [1.29, 1.82) is 0 Å². The zero-order valence-corrected chi connectivity index (χ0v) is 10.5. The van der Waals surface area contributed by atoms with Crippen LogP contribution in [-0.2, 0) is 0 Å². The van der Waals surface area contributed by atoms with Gasteiger partial charge in [-0.2, -0.15) is 5.10 Å². The fraction of sp³-hybridized carbons (Fsp3) is 0.231. The molecule has 0 radical (unpaired) electrons. The number of hydrogen-bond acceptors (Lipinski definition) is 4. The lowest BCUT2D eigenvalue weighted by atomic mass is 10.2. The van der Waals surface area contributed by atoms with E-state index in [9.17, 15) is 4.79 Å². The maximum Gasteiger partial charge on any atom is 0.274 e. The van der Waals surface area contributed by atoms with Gasteiger partial charge in [0, 0.05) is 0 Å². The van der Waals surface area contributed by atoms with Gasteiger partial charge < -0.3 is 8.83 Å². The Labute approximate surface area is 104 Å². The second-order valence-corrected chi connectivity index (χ2v) is 3.94. The first kappa shape index (κ1) is 12.2. The number of amides is 1. The number of aryl methyl sites for hydroxylation is 2. The van der Waals surface area contributed by atoms with E-state index in [4.69, 9.17) is 8.83 Å². The van der Waals surface area contributed by atoms with Gasteiger partial charge in [-0.25, -0.2) is 5.43 Å². The summed E-state index contributed by atoms with van der Waals surface area (Å²) in [6, 6.07) is 5.22. The molecule has 1 amide bonds. The Morgan fingerprint density at radius 1 is 1.39 bits per heavy atom. The van der Waals surface area contributed by atoms with Crippen LogP contribution in [0.15, 0.2) is 38.4 Å². The quantitative estimate of drug-likeness (QED) is 0.668. The van der Waals surface area contributed by atoms with E-state index in [1.54, 1.807) is 45.2 Å². The number of hydrazone groups is 1. The maximum absolute atomic E-state index is 11.8. The van der Waals surface area contributed by atoms with E-state index in [-0.39, 0.29) is 5.91 Å². The molecule has 0 saturated carbocycles. The Bertz CT molecular complexity index is 579. The van der Waals surface area contributed by atoms with Gasteiger partial charge in [0.2, 0.25) is 0 Å². The first-order valence-electron chi connectivity index (χ1n) is 5.53. The highest BCUT2D eigenvalue weighted by Gasteiger charge is 2.13. The minimum Gasteiger partial charge on any atom is -0.466 e. The summed E-state index contributed by atoms with van der Waals surface area (Å²) in [5.41, 5.74) is 3.56. The first-order chi connectivity index (χ1) is 8.58. The number of hydrogen-bond donors (Lipinski definition) is 1. The predicted octanol–water partition coefficient (Wildman–Crippen LogP) is 2.64. The zero-order chi connectivity index (χ0) is 13.1. The molecule has 2 aromatic rings. The topological polar surface area (TPSA) is 67.7 Å². The zero-order valence-electron chi connectivity index (χ0n) is 10.5. The predicted molar refractivity (Wildman–Crippen MR) is 66.6 cm³/mol. The van der Waals surface area contributed by atoms with Crippen molar-refractivity contribution in [2.75, 3.05) is 0 Å². The fourth-order valence-corrected chi connectivity index (χ4v) is 1.59. The Morgan fingerprint density at radius 3 is 2.72 bits per heavy atom. The lowest BCUT2D eigenvalue weighted by Gasteiger charge is -1.99. The third-order valence-corrected chi connectivity index (χ3v) is 2.49. The van der Waals surface area contributed by atoms with E-state index in [1.165, 1.54) is 0 Å². The van der Waals surface area contributed by atoms with Crippen LogP contribution in [-0.4, -0.2) is 11.6 Å². The largest absolute Gasteiger partial charge is 0.466 e. The van der Waals surface area contributed by atoms with Gasteiger partial charge in [-0.3, -0.25) is 4.79 Å². The van der Waals surface area contributed by atoms with Crippen LogP contribution in [0.4, 0.5) is 0 Å². The van der Waals surface area contributed by atoms with Gasteiger partial charge in [-0.05, 0) is 39.0 Å². The second-order valence-electron chi connectivity index (χ2n) is 3.94. The first-order valence-corrected chi connectivity index (χ1v) is 5.53. The van der Waals surface area contributed by atoms with E-state index in [0.29, 0.717) is 28.6 Å². The van der Waals surface area contributed by atoms with Gasteiger partial charge >= 0.3 is 0 Å². The molecule has 5 heteroatoms. The molecule has 94 valence electrons. The summed E-state index contributed by atoms with van der Waals surface area (Å²) < 4.78 is 10.4. The third kappa shape index (κ3) is 2.51. The van der Waals surface area contributed by atoms with Crippen molar-refractivity contribution in [3.8, 4) is 0 Å². The number of carbonyl (C=O) groups excluding carboxylic acids is 1. The summed E-state index contributed by atoms with van der Waals surface area (Å²) >= 11 is 0. The highest BCUT2D eigenvalue weighted by molar-refractivity contribution is 5.99. The second kappa shape index (κ2) is 4.91. The Balaban J connectivity index is 2.09. The lowest BCUT2D eigenvalue weighted by molar-refractivity contribution is 0.0953. The molecule has 0 fully saturated rings. The molecule has 0 atom stereocenters. The summed E-state index contributed by atoms with van der Waals surface area (Å²) in [5.74, 6) is 1.60. The molecule has 18 heavy (non-hydrogen) atoms. The van der Waals surface area contributed by atoms with E-state index in [2.05, 4.69) is 10.5 Å². The van der Waals surface area contributed by atoms with Crippen molar-refractivity contribution in [2.45, 2.75) is 20.8 Å². The minimum absolute atomic E-state index is 0.296. The molecular weight excluding hydrogens is 232 g/mol. The summed E-state index contributed by atoms with van der Waals surface area (Å²) in [5, 5.41) is 3.97. The van der Waals surface area contributed by atoms with Gasteiger partial charge in [0.25, 0.3) is 5.91 Å². The highest BCUT2D eigenvalue weighted by atomic mass is 16.3. The summed E-state index contributed by atoms with van der Waals surface area (Å²) in [7, 11) is 0. The maximum atomic E-state index is 11.8. The van der Waals surface area contributed by atoms with Gasteiger partial charge in [-0.15, -0.1) is 0 Å². The molecule has 2 rings (SSSR count). The van der Waals surface area contributed by atoms with Crippen LogP contribution in [0, 0.1) is 13.8 Å². The molecule has 2 heterocycles. The monoisotopic (exact) mass is 246 g/mol. The molecule has 0 spiro atoms. The number of furan rings is 2. The van der Waals surface area contributed by atoms with Crippen LogP contribution in [0.3, 0.4) is 0 Å². The van der Waals surface area contributed by atoms with Gasteiger partial charge in [0.1, 0.15) is 23.0 Å². The van der Waals surface area contributed by atoms with Gasteiger partial charge in [-0.1, -0.05) is 0 Å². The molecule has 0 unspecified atom stereocenters. The minimum atomic E-state index is -0.296. The van der Waals surface area contributed by atoms with E-state index in [1.807, 2.05) is 0 Å². The van der Waals surface area contributed by atoms with Crippen LogP contribution in [0.2, 0.25) is 0 Å². The molecule has 0 aliphatic heterocycles.